The van der Waals surface area contributed by atoms with Crippen molar-refractivity contribution < 1.29 is 0 Å². The Kier molecular flexibility index (Phi) is 4.02. The van der Waals surface area contributed by atoms with E-state index in [0.29, 0.717) is 0 Å². The zero-order valence-electron chi connectivity index (χ0n) is 8.64. The van der Waals surface area contributed by atoms with Gasteiger partial charge in [-0.25, -0.2) is 0 Å². The first-order chi connectivity index (χ1) is 5.74. The number of hydrogen-bond acceptors (Lipinski definition) is 2. The van der Waals surface area contributed by atoms with E-state index in [0.717, 1.165) is 12.0 Å². The normalized spacial score (nSPS) is 26.5. The largest absolute Gasteiger partial charge is 0.314 e. The molecule has 1 heterocycles. The van der Waals surface area contributed by atoms with E-state index in [2.05, 4.69) is 31.0 Å². The van der Waals surface area contributed by atoms with E-state index in [4.69, 9.17) is 0 Å². The molecule has 0 aromatic carbocycles. The van der Waals surface area contributed by atoms with Crippen LogP contribution in [0.1, 0.15) is 27.2 Å². The summed E-state index contributed by atoms with van der Waals surface area (Å²) in [5, 5.41) is 3.45. The quantitative estimate of drug-likeness (QED) is 0.687. The lowest BCUT2D eigenvalue weighted by Crippen LogP contribution is -2.51. The summed E-state index contributed by atoms with van der Waals surface area (Å²) in [5.74, 6) is 0.803. The first-order valence-electron chi connectivity index (χ1n) is 5.18. The molecular formula is C10H22N2. The Bertz CT molecular complexity index is 123. The van der Waals surface area contributed by atoms with Gasteiger partial charge in [-0.15, -0.1) is 0 Å². The van der Waals surface area contributed by atoms with Gasteiger partial charge in [0.05, 0.1) is 0 Å². The average molecular weight is 170 g/mol. The summed E-state index contributed by atoms with van der Waals surface area (Å²) in [4.78, 5) is 2.63. The summed E-state index contributed by atoms with van der Waals surface area (Å²) < 4.78 is 0. The molecule has 0 amide bonds. The van der Waals surface area contributed by atoms with Gasteiger partial charge in [0.2, 0.25) is 0 Å². The molecule has 0 spiro atoms. The van der Waals surface area contributed by atoms with Crippen LogP contribution in [0.5, 0.6) is 0 Å². The fourth-order valence-corrected chi connectivity index (χ4v) is 1.91. The molecule has 1 rings (SSSR count). The van der Waals surface area contributed by atoms with E-state index in [1.807, 2.05) is 0 Å². The Balaban J connectivity index is 2.36. The van der Waals surface area contributed by atoms with Crippen LogP contribution in [0.15, 0.2) is 0 Å². The molecule has 1 saturated heterocycles. The summed E-state index contributed by atoms with van der Waals surface area (Å²) in [6, 6.07) is 0.779. The Morgan fingerprint density at radius 2 is 2.25 bits per heavy atom. The highest BCUT2D eigenvalue weighted by molar-refractivity contribution is 4.78. The zero-order chi connectivity index (χ0) is 8.97. The van der Waals surface area contributed by atoms with Gasteiger partial charge in [-0.05, 0) is 12.3 Å². The molecule has 1 fully saturated rings. The summed E-state index contributed by atoms with van der Waals surface area (Å²) in [7, 11) is 0. The lowest BCUT2D eigenvalue weighted by Gasteiger charge is -2.36. The van der Waals surface area contributed by atoms with Gasteiger partial charge in [-0.1, -0.05) is 20.8 Å². The zero-order valence-corrected chi connectivity index (χ0v) is 8.64. The smallest absolute Gasteiger partial charge is 0.0218 e. The van der Waals surface area contributed by atoms with Crippen molar-refractivity contribution in [3.05, 3.63) is 0 Å². The molecule has 0 saturated carbocycles. The molecular weight excluding hydrogens is 148 g/mol. The van der Waals surface area contributed by atoms with Gasteiger partial charge in [-0.3, -0.25) is 4.90 Å². The molecule has 0 aromatic rings. The Morgan fingerprint density at radius 1 is 1.50 bits per heavy atom. The monoisotopic (exact) mass is 170 g/mol. The Morgan fingerprint density at radius 3 is 2.83 bits per heavy atom. The van der Waals surface area contributed by atoms with Crippen molar-refractivity contribution in [3.63, 3.8) is 0 Å². The fourth-order valence-electron chi connectivity index (χ4n) is 1.91. The number of piperazine rings is 1. The number of hydrogen-bond donors (Lipinski definition) is 1. The van der Waals surface area contributed by atoms with Crippen LogP contribution in [0.25, 0.3) is 0 Å². The summed E-state index contributed by atoms with van der Waals surface area (Å²) in [6.45, 7) is 11.7. The third-order valence-electron chi connectivity index (χ3n) is 2.54. The van der Waals surface area contributed by atoms with E-state index < -0.39 is 0 Å². The van der Waals surface area contributed by atoms with Crippen molar-refractivity contribution in [2.45, 2.75) is 33.2 Å². The predicted molar refractivity (Wildman–Crippen MR) is 53.4 cm³/mol. The van der Waals surface area contributed by atoms with Gasteiger partial charge in [0.25, 0.3) is 0 Å². The highest BCUT2D eigenvalue weighted by Gasteiger charge is 2.20. The highest BCUT2D eigenvalue weighted by atomic mass is 15.2. The molecule has 1 unspecified atom stereocenters. The molecule has 0 radical (unpaired) electrons. The topological polar surface area (TPSA) is 15.3 Å². The minimum Gasteiger partial charge on any atom is -0.314 e. The number of rotatable bonds is 3. The molecule has 1 atom stereocenters. The first-order valence-corrected chi connectivity index (χ1v) is 5.18. The molecule has 1 aliphatic heterocycles. The molecule has 1 aliphatic rings. The lowest BCUT2D eigenvalue weighted by molar-refractivity contribution is 0.140. The van der Waals surface area contributed by atoms with Crippen LogP contribution in [0.2, 0.25) is 0 Å². The molecule has 0 aromatic heterocycles. The van der Waals surface area contributed by atoms with Crippen LogP contribution in [-0.2, 0) is 0 Å². The minimum absolute atomic E-state index is 0.779. The van der Waals surface area contributed by atoms with Gasteiger partial charge in [0.15, 0.2) is 0 Å². The SMILES string of the molecule is CCC1CNCCN1CC(C)C. The van der Waals surface area contributed by atoms with Gasteiger partial charge in [0.1, 0.15) is 0 Å². The molecule has 12 heavy (non-hydrogen) atoms. The van der Waals surface area contributed by atoms with Crippen molar-refractivity contribution in [2.75, 3.05) is 26.2 Å². The Hall–Kier alpha value is -0.0800. The molecule has 1 N–H and O–H groups in total. The van der Waals surface area contributed by atoms with Gasteiger partial charge >= 0.3 is 0 Å². The van der Waals surface area contributed by atoms with Crippen molar-refractivity contribution in [1.29, 1.82) is 0 Å². The molecule has 2 nitrogen and oxygen atoms in total. The highest BCUT2D eigenvalue weighted by Crippen LogP contribution is 2.09. The van der Waals surface area contributed by atoms with E-state index in [1.165, 1.54) is 32.6 Å². The predicted octanol–water partition coefficient (Wildman–Crippen LogP) is 1.33. The van der Waals surface area contributed by atoms with Crippen LogP contribution >= 0.6 is 0 Å². The standard InChI is InChI=1S/C10H22N2/c1-4-10-7-11-5-6-12(10)8-9(2)3/h9-11H,4-8H2,1-3H3. The van der Waals surface area contributed by atoms with E-state index in [-0.39, 0.29) is 0 Å². The van der Waals surface area contributed by atoms with Gasteiger partial charge < -0.3 is 5.32 Å². The minimum atomic E-state index is 0.779. The molecule has 2 heteroatoms. The van der Waals surface area contributed by atoms with Gasteiger partial charge in [-0.2, -0.15) is 0 Å². The third kappa shape index (κ3) is 2.76. The molecule has 0 bridgehead atoms. The van der Waals surface area contributed by atoms with Crippen LogP contribution in [-0.4, -0.2) is 37.1 Å². The van der Waals surface area contributed by atoms with E-state index in [9.17, 15) is 0 Å². The molecule has 72 valence electrons. The molecule has 0 aliphatic carbocycles. The van der Waals surface area contributed by atoms with Crippen molar-refractivity contribution in [1.82, 2.24) is 10.2 Å². The summed E-state index contributed by atoms with van der Waals surface area (Å²) in [5.41, 5.74) is 0. The summed E-state index contributed by atoms with van der Waals surface area (Å²) >= 11 is 0. The maximum atomic E-state index is 3.45. The van der Waals surface area contributed by atoms with E-state index in [1.54, 1.807) is 0 Å². The summed E-state index contributed by atoms with van der Waals surface area (Å²) in [6.07, 6.45) is 1.28. The van der Waals surface area contributed by atoms with Crippen LogP contribution in [0.3, 0.4) is 0 Å². The maximum absolute atomic E-state index is 3.45. The number of nitrogens with one attached hydrogen (secondary N) is 1. The second kappa shape index (κ2) is 4.83. The maximum Gasteiger partial charge on any atom is 0.0218 e. The van der Waals surface area contributed by atoms with E-state index >= 15 is 0 Å². The fraction of sp³-hybridized carbons (Fsp3) is 1.00. The second-order valence-corrected chi connectivity index (χ2v) is 4.15. The van der Waals surface area contributed by atoms with Crippen LogP contribution < -0.4 is 5.32 Å². The van der Waals surface area contributed by atoms with Crippen molar-refractivity contribution in [2.24, 2.45) is 5.92 Å². The van der Waals surface area contributed by atoms with Crippen molar-refractivity contribution >= 4 is 0 Å². The van der Waals surface area contributed by atoms with Gasteiger partial charge in [0, 0.05) is 32.2 Å². The average Bonchev–Trinajstić information content (AvgIpc) is 2.04. The van der Waals surface area contributed by atoms with Crippen LogP contribution in [0, 0.1) is 5.92 Å². The number of nitrogens with zero attached hydrogens (tertiary/aromatic N) is 1. The van der Waals surface area contributed by atoms with Crippen molar-refractivity contribution in [3.8, 4) is 0 Å². The lowest BCUT2D eigenvalue weighted by atomic mass is 10.1. The first kappa shape index (κ1) is 10.0. The Labute approximate surface area is 76.3 Å². The second-order valence-electron chi connectivity index (χ2n) is 4.15. The third-order valence-corrected chi connectivity index (χ3v) is 2.54. The van der Waals surface area contributed by atoms with Crippen LogP contribution in [0.4, 0.5) is 0 Å².